The molecule has 0 atom stereocenters. The van der Waals surface area contributed by atoms with Crippen molar-refractivity contribution in [3.05, 3.63) is 82.6 Å². The summed E-state index contributed by atoms with van der Waals surface area (Å²) < 4.78 is 1.84. The van der Waals surface area contributed by atoms with E-state index in [1.807, 2.05) is 29.1 Å². The van der Waals surface area contributed by atoms with Gasteiger partial charge < -0.3 is 10.6 Å². The Labute approximate surface area is 189 Å². The fourth-order valence-corrected chi connectivity index (χ4v) is 4.75. The topological polar surface area (TPSA) is 93.2 Å². The van der Waals surface area contributed by atoms with Crippen LogP contribution < -0.4 is 15.5 Å². The van der Waals surface area contributed by atoms with Crippen LogP contribution in [0, 0.1) is 0 Å². The fourth-order valence-electron chi connectivity index (χ4n) is 3.85. The second kappa shape index (κ2) is 8.43. The molecule has 32 heavy (non-hydrogen) atoms. The molecule has 0 saturated carbocycles. The SMILES string of the molecule is CN(C(N)=O)c1ccc2c(c1)CN(c1nnc(Cc3ccc(-n4cccn4)cc3)s1)CC2. The van der Waals surface area contributed by atoms with E-state index in [0.29, 0.717) is 0 Å². The summed E-state index contributed by atoms with van der Waals surface area (Å²) in [6.07, 6.45) is 5.37. The summed E-state index contributed by atoms with van der Waals surface area (Å²) in [5.41, 5.74) is 10.9. The summed E-state index contributed by atoms with van der Waals surface area (Å²) in [4.78, 5) is 15.2. The highest BCUT2D eigenvalue weighted by Gasteiger charge is 2.21. The molecule has 5 rings (SSSR count). The molecule has 9 heteroatoms. The molecule has 3 heterocycles. The molecule has 2 N–H and O–H groups in total. The predicted octanol–water partition coefficient (Wildman–Crippen LogP) is 3.39. The number of benzene rings is 2. The zero-order chi connectivity index (χ0) is 22.1. The van der Waals surface area contributed by atoms with E-state index in [1.54, 1.807) is 24.6 Å². The molecule has 1 aliphatic heterocycles. The predicted molar refractivity (Wildman–Crippen MR) is 125 cm³/mol. The lowest BCUT2D eigenvalue weighted by Crippen LogP contribution is -2.33. The van der Waals surface area contributed by atoms with Crippen LogP contribution in [0.4, 0.5) is 15.6 Å². The molecular formula is C23H23N7OS. The van der Waals surface area contributed by atoms with E-state index >= 15 is 0 Å². The van der Waals surface area contributed by atoms with Crippen LogP contribution in [0.25, 0.3) is 5.69 Å². The van der Waals surface area contributed by atoms with E-state index < -0.39 is 6.03 Å². The van der Waals surface area contributed by atoms with Gasteiger partial charge in [0.2, 0.25) is 5.13 Å². The molecule has 2 aromatic heterocycles. The van der Waals surface area contributed by atoms with Crippen molar-refractivity contribution in [2.45, 2.75) is 19.4 Å². The van der Waals surface area contributed by atoms with Gasteiger partial charge in [0.25, 0.3) is 0 Å². The molecule has 0 spiro atoms. The molecule has 0 saturated heterocycles. The number of carbonyl (C=O) groups excluding carboxylic acids is 1. The van der Waals surface area contributed by atoms with Gasteiger partial charge >= 0.3 is 6.03 Å². The fraction of sp³-hybridized carbons (Fsp3) is 0.217. The van der Waals surface area contributed by atoms with Crippen LogP contribution in [0.5, 0.6) is 0 Å². The molecular weight excluding hydrogens is 422 g/mol. The molecule has 2 aromatic carbocycles. The summed E-state index contributed by atoms with van der Waals surface area (Å²) in [7, 11) is 1.68. The Morgan fingerprint density at radius 2 is 2.00 bits per heavy atom. The summed E-state index contributed by atoms with van der Waals surface area (Å²) >= 11 is 1.63. The molecule has 162 valence electrons. The van der Waals surface area contributed by atoms with Crippen LogP contribution in [0.2, 0.25) is 0 Å². The van der Waals surface area contributed by atoms with Crippen molar-refractivity contribution in [2.24, 2.45) is 5.73 Å². The lowest BCUT2D eigenvalue weighted by molar-refractivity contribution is 0.255. The van der Waals surface area contributed by atoms with Gasteiger partial charge in [0, 0.05) is 44.6 Å². The summed E-state index contributed by atoms with van der Waals surface area (Å²) in [5, 5.41) is 15.0. The Bertz CT molecular complexity index is 1230. The van der Waals surface area contributed by atoms with E-state index in [9.17, 15) is 4.79 Å². The lowest BCUT2D eigenvalue weighted by Gasteiger charge is -2.29. The Hall–Kier alpha value is -3.72. The second-order valence-electron chi connectivity index (χ2n) is 7.79. The maximum Gasteiger partial charge on any atom is 0.318 e. The first kappa shape index (κ1) is 20.2. The average molecular weight is 446 g/mol. The minimum atomic E-state index is -0.468. The average Bonchev–Trinajstić information content (AvgIpc) is 3.51. The Morgan fingerprint density at radius 1 is 1.16 bits per heavy atom. The first-order valence-electron chi connectivity index (χ1n) is 10.4. The monoisotopic (exact) mass is 445 g/mol. The quantitative estimate of drug-likeness (QED) is 0.508. The lowest BCUT2D eigenvalue weighted by atomic mass is 9.99. The maximum absolute atomic E-state index is 11.5. The number of nitrogens with zero attached hydrogens (tertiary/aromatic N) is 6. The van der Waals surface area contributed by atoms with Gasteiger partial charge in [-0.15, -0.1) is 10.2 Å². The molecule has 1 aliphatic rings. The molecule has 0 bridgehead atoms. The van der Waals surface area contributed by atoms with Crippen molar-refractivity contribution in [2.75, 3.05) is 23.4 Å². The molecule has 0 fully saturated rings. The maximum atomic E-state index is 11.5. The van der Waals surface area contributed by atoms with Crippen molar-refractivity contribution >= 4 is 28.2 Å². The van der Waals surface area contributed by atoms with E-state index in [2.05, 4.69) is 50.5 Å². The smallest absolute Gasteiger partial charge is 0.318 e. The van der Waals surface area contributed by atoms with Gasteiger partial charge in [-0.2, -0.15) is 5.10 Å². The Morgan fingerprint density at radius 3 is 2.75 bits per heavy atom. The van der Waals surface area contributed by atoms with Crippen LogP contribution in [0.15, 0.2) is 60.9 Å². The molecule has 0 aliphatic carbocycles. The molecule has 4 aromatic rings. The minimum absolute atomic E-state index is 0.468. The number of hydrogen-bond donors (Lipinski definition) is 1. The van der Waals surface area contributed by atoms with E-state index in [0.717, 1.165) is 47.4 Å². The number of urea groups is 1. The van der Waals surface area contributed by atoms with Crippen LogP contribution in [-0.4, -0.2) is 39.6 Å². The summed E-state index contributed by atoms with van der Waals surface area (Å²) in [6, 6.07) is 15.8. The minimum Gasteiger partial charge on any atom is -0.351 e. The van der Waals surface area contributed by atoms with Gasteiger partial charge in [-0.3, -0.25) is 4.90 Å². The third-order valence-corrected chi connectivity index (χ3v) is 6.69. The van der Waals surface area contributed by atoms with Crippen molar-refractivity contribution in [1.29, 1.82) is 0 Å². The van der Waals surface area contributed by atoms with Crippen LogP contribution in [0.3, 0.4) is 0 Å². The highest BCUT2D eigenvalue weighted by molar-refractivity contribution is 7.15. The number of rotatable bonds is 5. The van der Waals surface area contributed by atoms with E-state index in [4.69, 9.17) is 5.73 Å². The van der Waals surface area contributed by atoms with E-state index in [1.165, 1.54) is 21.6 Å². The third kappa shape index (κ3) is 4.06. The van der Waals surface area contributed by atoms with Crippen molar-refractivity contribution in [3.8, 4) is 5.69 Å². The zero-order valence-corrected chi connectivity index (χ0v) is 18.5. The molecule has 2 amide bonds. The molecule has 8 nitrogen and oxygen atoms in total. The normalized spacial score (nSPS) is 13.1. The van der Waals surface area contributed by atoms with Gasteiger partial charge in [-0.1, -0.05) is 29.5 Å². The van der Waals surface area contributed by atoms with Crippen LogP contribution in [0.1, 0.15) is 21.7 Å². The van der Waals surface area contributed by atoms with Crippen molar-refractivity contribution in [1.82, 2.24) is 20.0 Å². The first-order valence-corrected chi connectivity index (χ1v) is 11.2. The number of hydrogen-bond acceptors (Lipinski definition) is 6. The summed E-state index contributed by atoms with van der Waals surface area (Å²) in [6.45, 7) is 1.63. The number of primary amides is 1. The van der Waals surface area contributed by atoms with Crippen LogP contribution in [-0.2, 0) is 19.4 Å². The van der Waals surface area contributed by atoms with Crippen LogP contribution >= 0.6 is 11.3 Å². The standard InChI is InChI=1S/C23H23N7OS/c1-28(22(24)31)20-8-5-17-9-12-29(15-18(17)14-20)23-27-26-21(32-23)13-16-3-6-19(7-4-16)30-11-2-10-25-30/h2-8,10-11,14H,9,12-13,15H2,1H3,(H2,24,31). The Balaban J connectivity index is 1.28. The largest absolute Gasteiger partial charge is 0.351 e. The second-order valence-corrected chi connectivity index (χ2v) is 8.83. The third-order valence-electron chi connectivity index (χ3n) is 5.71. The molecule has 0 radical (unpaired) electrons. The van der Waals surface area contributed by atoms with Crippen molar-refractivity contribution in [3.63, 3.8) is 0 Å². The van der Waals surface area contributed by atoms with Crippen molar-refractivity contribution < 1.29 is 4.79 Å². The highest BCUT2D eigenvalue weighted by Crippen LogP contribution is 2.30. The van der Waals surface area contributed by atoms with Gasteiger partial charge in [-0.05, 0) is 53.4 Å². The number of amides is 2. The number of nitrogens with two attached hydrogens (primary N) is 1. The highest BCUT2D eigenvalue weighted by atomic mass is 32.1. The number of anilines is 2. The Kier molecular flexibility index (Phi) is 5.32. The number of fused-ring (bicyclic) bond motifs is 1. The van der Waals surface area contributed by atoms with Gasteiger partial charge in [0.15, 0.2) is 0 Å². The van der Waals surface area contributed by atoms with Gasteiger partial charge in [-0.25, -0.2) is 9.48 Å². The molecule has 0 unspecified atom stereocenters. The zero-order valence-electron chi connectivity index (χ0n) is 17.7. The van der Waals surface area contributed by atoms with Gasteiger partial charge in [0.1, 0.15) is 5.01 Å². The van der Waals surface area contributed by atoms with Gasteiger partial charge in [0.05, 0.1) is 5.69 Å². The first-order chi connectivity index (χ1) is 15.6. The summed E-state index contributed by atoms with van der Waals surface area (Å²) in [5.74, 6) is 0. The number of carbonyl (C=O) groups is 1. The van der Waals surface area contributed by atoms with E-state index in [-0.39, 0.29) is 0 Å². The number of aromatic nitrogens is 4.